The predicted molar refractivity (Wildman–Crippen MR) is 122 cm³/mol. The van der Waals surface area contributed by atoms with Gasteiger partial charge in [0.05, 0.1) is 31.8 Å². The fourth-order valence-electron chi connectivity index (χ4n) is 4.34. The maximum absolute atomic E-state index is 13.2. The average molecular weight is 480 g/mol. The van der Waals surface area contributed by atoms with Crippen LogP contribution in [0.4, 0.5) is 5.69 Å². The van der Waals surface area contributed by atoms with Crippen LogP contribution >= 0.6 is 15.9 Å². The van der Waals surface area contributed by atoms with E-state index in [0.717, 1.165) is 27.8 Å². The van der Waals surface area contributed by atoms with Crippen molar-refractivity contribution in [1.29, 1.82) is 5.26 Å². The minimum atomic E-state index is -0.542. The lowest BCUT2D eigenvalue weighted by atomic mass is 9.75. The van der Waals surface area contributed by atoms with E-state index in [0.29, 0.717) is 41.3 Å². The van der Waals surface area contributed by atoms with Crippen LogP contribution in [0.15, 0.2) is 69.6 Å². The summed E-state index contributed by atoms with van der Waals surface area (Å²) in [6.45, 7) is 0. The Morgan fingerprint density at radius 2 is 1.81 bits per heavy atom. The molecule has 0 saturated heterocycles. The molecular formula is C24H22BrN3O3. The van der Waals surface area contributed by atoms with Crippen LogP contribution in [0.3, 0.4) is 0 Å². The molecule has 7 heteroatoms. The molecule has 0 spiro atoms. The Bertz CT molecular complexity index is 1150. The smallest absolute Gasteiger partial charge is 0.161 e. The molecule has 2 aromatic carbocycles. The van der Waals surface area contributed by atoms with Gasteiger partial charge in [0.2, 0.25) is 0 Å². The van der Waals surface area contributed by atoms with Crippen molar-refractivity contribution in [2.24, 2.45) is 5.73 Å². The summed E-state index contributed by atoms with van der Waals surface area (Å²) < 4.78 is 11.7. The summed E-state index contributed by atoms with van der Waals surface area (Å²) >= 11 is 3.45. The number of allylic oxidation sites excluding steroid dienone is 3. The van der Waals surface area contributed by atoms with Gasteiger partial charge < -0.3 is 15.2 Å². The van der Waals surface area contributed by atoms with E-state index in [1.54, 1.807) is 20.3 Å². The summed E-state index contributed by atoms with van der Waals surface area (Å²) in [5.41, 5.74) is 10.0. The Morgan fingerprint density at radius 1 is 1.10 bits per heavy atom. The summed E-state index contributed by atoms with van der Waals surface area (Å²) in [5.74, 6) is 0.968. The lowest BCUT2D eigenvalue weighted by molar-refractivity contribution is -0.116. The highest BCUT2D eigenvalue weighted by atomic mass is 79.9. The van der Waals surface area contributed by atoms with Crippen LogP contribution in [-0.4, -0.2) is 20.0 Å². The standard InChI is InChI=1S/C24H22BrN3O3/c1-30-20-11-6-14(12-21(20)31-2)22-17(13-26)24(27)28(16-9-7-15(25)8-10-16)18-4-3-5-19(29)23(18)22/h6-12,22H,3-5,27H2,1-2H3/t22-/m0/s1. The molecule has 1 atom stereocenters. The molecule has 0 aromatic heterocycles. The number of rotatable bonds is 4. The van der Waals surface area contributed by atoms with E-state index < -0.39 is 5.92 Å². The average Bonchev–Trinajstić information content (AvgIpc) is 2.79. The molecule has 158 valence electrons. The first-order chi connectivity index (χ1) is 15.0. The molecule has 6 nitrogen and oxygen atoms in total. The van der Waals surface area contributed by atoms with E-state index in [-0.39, 0.29) is 5.78 Å². The second kappa shape index (κ2) is 8.48. The van der Waals surface area contributed by atoms with Gasteiger partial charge in [0.1, 0.15) is 5.82 Å². The SMILES string of the molecule is COc1ccc([C@H]2C(C#N)=C(N)N(c3ccc(Br)cc3)C3=C2C(=O)CCC3)cc1OC. The van der Waals surface area contributed by atoms with Crippen molar-refractivity contribution < 1.29 is 14.3 Å². The molecule has 0 bridgehead atoms. The zero-order valence-corrected chi connectivity index (χ0v) is 18.9. The Morgan fingerprint density at radius 3 is 2.45 bits per heavy atom. The van der Waals surface area contributed by atoms with Gasteiger partial charge in [0, 0.05) is 27.9 Å². The molecule has 2 aromatic rings. The number of anilines is 1. The Labute approximate surface area is 189 Å². The van der Waals surface area contributed by atoms with Crippen molar-refractivity contribution in [2.45, 2.75) is 25.2 Å². The minimum absolute atomic E-state index is 0.0448. The molecule has 0 fully saturated rings. The van der Waals surface area contributed by atoms with Crippen molar-refractivity contribution in [3.05, 3.63) is 75.2 Å². The number of halogens is 1. The van der Waals surface area contributed by atoms with Gasteiger partial charge in [-0.25, -0.2) is 0 Å². The van der Waals surface area contributed by atoms with Gasteiger partial charge in [-0.15, -0.1) is 0 Å². The fourth-order valence-corrected chi connectivity index (χ4v) is 4.60. The molecule has 1 heterocycles. The maximum atomic E-state index is 13.2. The highest BCUT2D eigenvalue weighted by Crippen LogP contribution is 2.47. The third-order valence-corrected chi connectivity index (χ3v) is 6.27. The van der Waals surface area contributed by atoms with Gasteiger partial charge in [-0.05, 0) is 54.8 Å². The number of nitrogens with two attached hydrogens (primary N) is 1. The van der Waals surface area contributed by atoms with Gasteiger partial charge in [-0.2, -0.15) is 5.26 Å². The summed E-state index contributed by atoms with van der Waals surface area (Å²) in [6.07, 6.45) is 1.91. The van der Waals surface area contributed by atoms with Gasteiger partial charge in [0.25, 0.3) is 0 Å². The summed E-state index contributed by atoms with van der Waals surface area (Å²) in [6, 6.07) is 15.4. The topological polar surface area (TPSA) is 88.6 Å². The first kappa shape index (κ1) is 21.0. The number of methoxy groups -OCH3 is 2. The molecule has 0 unspecified atom stereocenters. The number of Topliss-reactive ketones (excluding diaryl/α,β-unsaturated/α-hetero) is 1. The lowest BCUT2D eigenvalue weighted by Gasteiger charge is -2.39. The van der Waals surface area contributed by atoms with Crippen LogP contribution in [0.1, 0.15) is 30.7 Å². The molecular weight excluding hydrogens is 458 g/mol. The Balaban J connectivity index is 1.94. The molecule has 0 amide bonds. The van der Waals surface area contributed by atoms with E-state index in [1.165, 1.54) is 0 Å². The number of hydrogen-bond donors (Lipinski definition) is 1. The molecule has 4 rings (SSSR count). The minimum Gasteiger partial charge on any atom is -0.493 e. The second-order valence-electron chi connectivity index (χ2n) is 7.41. The van der Waals surface area contributed by atoms with Crippen molar-refractivity contribution in [1.82, 2.24) is 0 Å². The predicted octanol–water partition coefficient (Wildman–Crippen LogP) is 4.77. The molecule has 0 radical (unpaired) electrons. The van der Waals surface area contributed by atoms with Gasteiger partial charge in [-0.1, -0.05) is 22.0 Å². The first-order valence-corrected chi connectivity index (χ1v) is 10.7. The van der Waals surface area contributed by atoms with E-state index in [2.05, 4.69) is 22.0 Å². The van der Waals surface area contributed by atoms with Gasteiger partial charge >= 0.3 is 0 Å². The highest BCUT2D eigenvalue weighted by Gasteiger charge is 2.40. The largest absolute Gasteiger partial charge is 0.493 e. The first-order valence-electron chi connectivity index (χ1n) is 9.93. The zero-order valence-electron chi connectivity index (χ0n) is 17.3. The van der Waals surface area contributed by atoms with Crippen molar-refractivity contribution in [2.75, 3.05) is 19.1 Å². The monoisotopic (exact) mass is 479 g/mol. The van der Waals surface area contributed by atoms with E-state index in [9.17, 15) is 10.1 Å². The molecule has 1 aliphatic heterocycles. The highest BCUT2D eigenvalue weighted by molar-refractivity contribution is 9.10. The van der Waals surface area contributed by atoms with Crippen LogP contribution in [-0.2, 0) is 4.79 Å². The molecule has 1 aliphatic carbocycles. The third kappa shape index (κ3) is 3.57. The van der Waals surface area contributed by atoms with Crippen molar-refractivity contribution >= 4 is 27.4 Å². The van der Waals surface area contributed by atoms with E-state index >= 15 is 0 Å². The number of nitriles is 1. The van der Waals surface area contributed by atoms with Crippen molar-refractivity contribution in [3.8, 4) is 17.6 Å². The van der Waals surface area contributed by atoms with Crippen LogP contribution < -0.4 is 20.1 Å². The number of benzene rings is 2. The zero-order chi connectivity index (χ0) is 22.1. The van der Waals surface area contributed by atoms with Crippen LogP contribution in [0.2, 0.25) is 0 Å². The summed E-state index contributed by atoms with van der Waals surface area (Å²) in [7, 11) is 3.13. The number of hydrogen-bond acceptors (Lipinski definition) is 6. The second-order valence-corrected chi connectivity index (χ2v) is 8.32. The van der Waals surface area contributed by atoms with Crippen LogP contribution in [0.5, 0.6) is 11.5 Å². The van der Waals surface area contributed by atoms with E-state index in [4.69, 9.17) is 15.2 Å². The Hall–Kier alpha value is -3.24. The van der Waals surface area contributed by atoms with Crippen LogP contribution in [0.25, 0.3) is 0 Å². The third-order valence-electron chi connectivity index (χ3n) is 5.74. The number of carbonyl (C=O) groups excluding carboxylic acids is 1. The quantitative estimate of drug-likeness (QED) is 0.678. The number of ketones is 1. The Kier molecular flexibility index (Phi) is 5.75. The summed E-state index contributed by atoms with van der Waals surface area (Å²) in [5, 5.41) is 10.1. The molecule has 0 saturated carbocycles. The van der Waals surface area contributed by atoms with Crippen molar-refractivity contribution in [3.63, 3.8) is 0 Å². The van der Waals surface area contributed by atoms with Gasteiger partial charge in [0.15, 0.2) is 17.3 Å². The van der Waals surface area contributed by atoms with Gasteiger partial charge in [-0.3, -0.25) is 9.69 Å². The van der Waals surface area contributed by atoms with Crippen LogP contribution in [0, 0.1) is 11.3 Å². The summed E-state index contributed by atoms with van der Waals surface area (Å²) in [4.78, 5) is 15.0. The molecule has 31 heavy (non-hydrogen) atoms. The molecule has 2 N–H and O–H groups in total. The van der Waals surface area contributed by atoms with E-state index in [1.807, 2.05) is 41.3 Å². The number of ether oxygens (including phenoxy) is 2. The normalized spacial score (nSPS) is 18.6. The molecule has 2 aliphatic rings. The number of nitrogens with zero attached hydrogens (tertiary/aromatic N) is 2. The maximum Gasteiger partial charge on any atom is 0.161 e. The fraction of sp³-hybridized carbons (Fsp3) is 0.250. The lowest BCUT2D eigenvalue weighted by Crippen LogP contribution is -2.38. The number of carbonyl (C=O) groups is 1.